The summed E-state index contributed by atoms with van der Waals surface area (Å²) in [6.07, 6.45) is -3.19. The largest absolute Gasteiger partial charge is 0.420 e. The number of para-hydroxylation sites is 1. The molecule has 0 aliphatic rings. The molecular formula is C9H5F2NO3S. The number of fused-ring (bicyclic) bond motifs is 1. The predicted octanol–water partition coefficient (Wildman–Crippen LogP) is 1.76. The Morgan fingerprint density at radius 2 is 2.19 bits per heavy atom. The van der Waals surface area contributed by atoms with Crippen molar-refractivity contribution in [2.45, 2.75) is 6.43 Å². The molecule has 7 heteroatoms. The molecule has 1 heterocycles. The van der Waals surface area contributed by atoms with Gasteiger partial charge in [-0.1, -0.05) is 17.4 Å². The summed E-state index contributed by atoms with van der Waals surface area (Å²) in [4.78, 5) is 23.8. The highest BCUT2D eigenvalue weighted by Gasteiger charge is 2.19. The molecular weight excluding hydrogens is 240 g/mol. The van der Waals surface area contributed by atoms with Crippen LogP contribution in [-0.4, -0.2) is 17.4 Å². The van der Waals surface area contributed by atoms with Crippen LogP contribution in [-0.2, 0) is 4.79 Å². The zero-order valence-corrected chi connectivity index (χ0v) is 8.51. The van der Waals surface area contributed by atoms with Gasteiger partial charge in [-0.25, -0.2) is 4.79 Å². The van der Waals surface area contributed by atoms with Gasteiger partial charge in [0, 0.05) is 0 Å². The fourth-order valence-corrected chi connectivity index (χ4v) is 1.94. The van der Waals surface area contributed by atoms with Gasteiger partial charge >= 0.3 is 17.3 Å². The summed E-state index contributed by atoms with van der Waals surface area (Å²) in [5.74, 6) is -1.71. The number of H-pyrrole nitrogens is 1. The number of carbonyl (C=O) groups is 1. The maximum atomic E-state index is 12.0. The summed E-state index contributed by atoms with van der Waals surface area (Å²) in [5.41, 5.74) is 0.256. The van der Waals surface area contributed by atoms with Gasteiger partial charge in [0.15, 0.2) is 5.75 Å². The second-order valence-electron chi connectivity index (χ2n) is 2.87. The fraction of sp³-hybridized carbons (Fsp3) is 0.111. The van der Waals surface area contributed by atoms with E-state index in [1.165, 1.54) is 12.1 Å². The SMILES string of the molecule is O=C(Oc1cccc2sc(=O)[nH]c12)C(F)F. The van der Waals surface area contributed by atoms with Gasteiger partial charge < -0.3 is 9.72 Å². The maximum absolute atomic E-state index is 12.0. The fourth-order valence-electron chi connectivity index (χ4n) is 1.18. The van der Waals surface area contributed by atoms with E-state index in [0.29, 0.717) is 4.70 Å². The number of aromatic nitrogens is 1. The second kappa shape index (κ2) is 4.01. The first-order valence-electron chi connectivity index (χ1n) is 4.19. The molecule has 0 saturated heterocycles. The molecule has 0 bridgehead atoms. The average Bonchev–Trinajstić information content (AvgIpc) is 2.59. The van der Waals surface area contributed by atoms with E-state index < -0.39 is 12.4 Å². The van der Waals surface area contributed by atoms with E-state index >= 15 is 0 Å². The molecule has 2 rings (SSSR count). The van der Waals surface area contributed by atoms with E-state index in [2.05, 4.69) is 9.72 Å². The third-order valence-corrected chi connectivity index (χ3v) is 2.65. The first kappa shape index (κ1) is 10.7. The Morgan fingerprint density at radius 3 is 2.88 bits per heavy atom. The van der Waals surface area contributed by atoms with Crippen LogP contribution in [0.4, 0.5) is 8.78 Å². The lowest BCUT2D eigenvalue weighted by atomic mass is 10.3. The zero-order valence-electron chi connectivity index (χ0n) is 7.70. The minimum atomic E-state index is -3.19. The highest BCUT2D eigenvalue weighted by atomic mass is 32.1. The van der Waals surface area contributed by atoms with E-state index in [-0.39, 0.29) is 16.1 Å². The van der Waals surface area contributed by atoms with Crippen LogP contribution in [0.5, 0.6) is 5.75 Å². The molecule has 1 aromatic carbocycles. The van der Waals surface area contributed by atoms with Crippen molar-refractivity contribution in [1.82, 2.24) is 4.98 Å². The highest BCUT2D eigenvalue weighted by Crippen LogP contribution is 2.25. The molecule has 4 nitrogen and oxygen atoms in total. The summed E-state index contributed by atoms with van der Waals surface area (Å²) < 4.78 is 28.9. The third kappa shape index (κ3) is 1.94. The third-order valence-electron chi connectivity index (χ3n) is 1.81. The number of halogens is 2. The van der Waals surface area contributed by atoms with Crippen LogP contribution in [0.3, 0.4) is 0 Å². The van der Waals surface area contributed by atoms with Crippen LogP contribution in [0.15, 0.2) is 23.0 Å². The molecule has 0 saturated carbocycles. The molecule has 0 amide bonds. The van der Waals surface area contributed by atoms with Crippen molar-refractivity contribution in [3.05, 3.63) is 27.9 Å². The van der Waals surface area contributed by atoms with Gasteiger partial charge in [-0.05, 0) is 12.1 Å². The molecule has 1 aromatic heterocycles. The van der Waals surface area contributed by atoms with Crippen molar-refractivity contribution < 1.29 is 18.3 Å². The van der Waals surface area contributed by atoms with Gasteiger partial charge in [-0.15, -0.1) is 0 Å². The summed E-state index contributed by atoms with van der Waals surface area (Å²) in [5, 5.41) is 0. The summed E-state index contributed by atoms with van der Waals surface area (Å²) in [6, 6.07) is 4.48. The molecule has 0 atom stereocenters. The van der Waals surface area contributed by atoms with Gasteiger partial charge in [-0.3, -0.25) is 4.79 Å². The Bertz CT molecular complexity index is 590. The zero-order chi connectivity index (χ0) is 11.7. The van der Waals surface area contributed by atoms with Crippen LogP contribution >= 0.6 is 11.3 Å². The summed E-state index contributed by atoms with van der Waals surface area (Å²) in [6.45, 7) is 0. The second-order valence-corrected chi connectivity index (χ2v) is 3.88. The van der Waals surface area contributed by atoms with Crippen LogP contribution < -0.4 is 9.61 Å². The Hall–Kier alpha value is -1.76. The lowest BCUT2D eigenvalue weighted by Crippen LogP contribution is -2.17. The van der Waals surface area contributed by atoms with Crippen molar-refractivity contribution in [2.24, 2.45) is 0 Å². The van der Waals surface area contributed by atoms with Crippen molar-refractivity contribution in [3.8, 4) is 5.75 Å². The number of hydrogen-bond acceptors (Lipinski definition) is 4. The number of aromatic amines is 1. The number of hydrogen-bond donors (Lipinski definition) is 1. The van der Waals surface area contributed by atoms with Gasteiger partial charge in [0.2, 0.25) is 0 Å². The molecule has 16 heavy (non-hydrogen) atoms. The first-order valence-corrected chi connectivity index (χ1v) is 5.01. The highest BCUT2D eigenvalue weighted by molar-refractivity contribution is 7.16. The summed E-state index contributed by atoms with van der Waals surface area (Å²) >= 11 is 0.912. The van der Waals surface area contributed by atoms with E-state index in [4.69, 9.17) is 0 Å². The van der Waals surface area contributed by atoms with Crippen LogP contribution in [0.25, 0.3) is 10.2 Å². The number of benzene rings is 1. The standard InChI is InChI=1S/C9H5F2NO3S/c10-7(11)8(13)15-4-2-1-3-5-6(4)12-9(14)16-5/h1-3,7H,(H,12,14). The Kier molecular flexibility index (Phi) is 2.69. The van der Waals surface area contributed by atoms with E-state index in [0.717, 1.165) is 11.3 Å². The van der Waals surface area contributed by atoms with Crippen LogP contribution in [0, 0.1) is 0 Å². The minimum Gasteiger partial charge on any atom is -0.420 e. The average molecular weight is 245 g/mol. The smallest absolute Gasteiger partial charge is 0.379 e. The number of nitrogens with one attached hydrogen (secondary N) is 1. The molecule has 0 aliphatic carbocycles. The number of ether oxygens (including phenoxy) is 1. The maximum Gasteiger partial charge on any atom is 0.379 e. The number of esters is 1. The minimum absolute atomic E-state index is 0.0684. The van der Waals surface area contributed by atoms with Crippen LogP contribution in [0.2, 0.25) is 0 Å². The molecule has 0 unspecified atom stereocenters. The quantitative estimate of drug-likeness (QED) is 0.647. The van der Waals surface area contributed by atoms with Crippen molar-refractivity contribution in [3.63, 3.8) is 0 Å². The normalized spacial score (nSPS) is 10.9. The van der Waals surface area contributed by atoms with E-state index in [1.54, 1.807) is 6.07 Å². The number of rotatable bonds is 2. The Labute approximate surface area is 91.5 Å². The molecule has 0 fully saturated rings. The van der Waals surface area contributed by atoms with Gasteiger partial charge in [0.25, 0.3) is 0 Å². The first-order chi connectivity index (χ1) is 7.58. The topological polar surface area (TPSA) is 59.2 Å². The monoisotopic (exact) mass is 245 g/mol. The predicted molar refractivity (Wildman–Crippen MR) is 54.1 cm³/mol. The van der Waals surface area contributed by atoms with Crippen molar-refractivity contribution >= 4 is 27.5 Å². The van der Waals surface area contributed by atoms with Crippen molar-refractivity contribution in [1.29, 1.82) is 0 Å². The lowest BCUT2D eigenvalue weighted by Gasteiger charge is -2.03. The molecule has 2 aromatic rings. The van der Waals surface area contributed by atoms with Gasteiger partial charge in [0.05, 0.1) is 4.70 Å². The Morgan fingerprint density at radius 1 is 1.44 bits per heavy atom. The molecule has 0 spiro atoms. The molecule has 1 N–H and O–H groups in total. The van der Waals surface area contributed by atoms with Gasteiger partial charge in [0.1, 0.15) is 5.52 Å². The number of thiazole rings is 1. The lowest BCUT2D eigenvalue weighted by molar-refractivity contribution is -0.146. The number of alkyl halides is 2. The molecule has 84 valence electrons. The van der Waals surface area contributed by atoms with Gasteiger partial charge in [-0.2, -0.15) is 8.78 Å². The summed E-state index contributed by atoms with van der Waals surface area (Å²) in [7, 11) is 0. The van der Waals surface area contributed by atoms with E-state index in [1.807, 2.05) is 0 Å². The molecule has 0 radical (unpaired) electrons. The molecule has 0 aliphatic heterocycles. The van der Waals surface area contributed by atoms with Crippen LogP contribution in [0.1, 0.15) is 0 Å². The van der Waals surface area contributed by atoms with E-state index in [9.17, 15) is 18.4 Å². The van der Waals surface area contributed by atoms with Crippen molar-refractivity contribution in [2.75, 3.05) is 0 Å². The Balaban J connectivity index is 2.44. The number of carbonyl (C=O) groups excluding carboxylic acids is 1.